The topological polar surface area (TPSA) is 49.3 Å². The number of benzene rings is 1. The summed E-state index contributed by atoms with van der Waals surface area (Å²) in [7, 11) is 0. The molecule has 1 aromatic rings. The predicted molar refractivity (Wildman–Crippen MR) is 87.0 cm³/mol. The molecule has 4 aliphatic rings. The van der Waals surface area contributed by atoms with Crippen LogP contribution >= 0.6 is 11.6 Å². The van der Waals surface area contributed by atoms with Crippen molar-refractivity contribution in [2.45, 2.75) is 44.9 Å². The van der Waals surface area contributed by atoms with Crippen LogP contribution in [0.3, 0.4) is 0 Å². The molecular formula is C18H22ClNO2. The molecule has 0 spiro atoms. The molecule has 1 amide bonds. The minimum atomic E-state index is 0.0644. The molecule has 0 saturated heterocycles. The van der Waals surface area contributed by atoms with E-state index in [1.807, 2.05) is 0 Å². The van der Waals surface area contributed by atoms with E-state index in [0.29, 0.717) is 17.1 Å². The van der Waals surface area contributed by atoms with Gasteiger partial charge in [0.1, 0.15) is 5.75 Å². The number of carbonyl (C=O) groups is 1. The van der Waals surface area contributed by atoms with Crippen molar-refractivity contribution in [1.82, 2.24) is 0 Å². The molecule has 0 aromatic heterocycles. The number of phenols is 1. The summed E-state index contributed by atoms with van der Waals surface area (Å²) < 4.78 is 0. The Hall–Kier alpha value is -1.22. The van der Waals surface area contributed by atoms with E-state index in [-0.39, 0.29) is 17.1 Å². The first-order chi connectivity index (χ1) is 10.5. The molecule has 0 atom stereocenters. The normalized spacial score (nSPS) is 35.6. The Labute approximate surface area is 136 Å². The van der Waals surface area contributed by atoms with E-state index in [4.69, 9.17) is 11.6 Å². The molecule has 3 nitrogen and oxygen atoms in total. The maximum Gasteiger partial charge on any atom is 0.224 e. The molecule has 4 heteroatoms. The minimum absolute atomic E-state index is 0.0644. The van der Waals surface area contributed by atoms with Gasteiger partial charge in [-0.15, -0.1) is 0 Å². The lowest BCUT2D eigenvalue weighted by molar-refractivity contribution is -0.124. The van der Waals surface area contributed by atoms with Crippen molar-refractivity contribution >= 4 is 23.2 Å². The van der Waals surface area contributed by atoms with E-state index in [0.717, 1.165) is 17.8 Å². The number of halogens is 1. The van der Waals surface area contributed by atoms with Gasteiger partial charge in [-0.25, -0.2) is 0 Å². The zero-order valence-corrected chi connectivity index (χ0v) is 13.4. The van der Waals surface area contributed by atoms with E-state index in [1.54, 1.807) is 12.1 Å². The van der Waals surface area contributed by atoms with Gasteiger partial charge in [-0.1, -0.05) is 11.6 Å². The van der Waals surface area contributed by atoms with Crippen molar-refractivity contribution in [2.24, 2.45) is 23.2 Å². The number of nitrogens with one attached hydrogen (secondary N) is 1. The van der Waals surface area contributed by atoms with Gasteiger partial charge in [-0.3, -0.25) is 4.79 Å². The van der Waals surface area contributed by atoms with E-state index in [9.17, 15) is 9.90 Å². The summed E-state index contributed by atoms with van der Waals surface area (Å²) in [5.74, 6) is 2.75. The molecule has 4 fully saturated rings. The van der Waals surface area contributed by atoms with Gasteiger partial charge in [0.25, 0.3) is 0 Å². The summed E-state index contributed by atoms with van der Waals surface area (Å²) in [6.07, 6.45) is 8.49. The van der Waals surface area contributed by atoms with Crippen LogP contribution in [-0.4, -0.2) is 11.0 Å². The zero-order chi connectivity index (χ0) is 15.3. The monoisotopic (exact) mass is 319 g/mol. The van der Waals surface area contributed by atoms with Gasteiger partial charge in [0.2, 0.25) is 5.91 Å². The molecule has 0 heterocycles. The zero-order valence-electron chi connectivity index (χ0n) is 12.6. The Morgan fingerprint density at radius 2 is 1.77 bits per heavy atom. The molecule has 0 unspecified atom stereocenters. The van der Waals surface area contributed by atoms with Crippen LogP contribution < -0.4 is 5.32 Å². The van der Waals surface area contributed by atoms with Gasteiger partial charge < -0.3 is 10.4 Å². The lowest BCUT2D eigenvalue weighted by Crippen LogP contribution is -2.47. The van der Waals surface area contributed by atoms with Gasteiger partial charge in [0.05, 0.1) is 10.7 Å². The summed E-state index contributed by atoms with van der Waals surface area (Å²) in [5.41, 5.74) is 0.830. The molecule has 5 rings (SSSR count). The van der Waals surface area contributed by atoms with E-state index in [1.165, 1.54) is 44.6 Å². The quantitative estimate of drug-likeness (QED) is 0.800. The summed E-state index contributed by atoms with van der Waals surface area (Å²) in [6, 6.07) is 4.67. The fourth-order valence-electron chi connectivity index (χ4n) is 5.65. The van der Waals surface area contributed by atoms with Crippen LogP contribution in [0.2, 0.25) is 5.02 Å². The smallest absolute Gasteiger partial charge is 0.224 e. The third-order valence-corrected chi connectivity index (χ3v) is 6.24. The highest BCUT2D eigenvalue weighted by molar-refractivity contribution is 6.33. The molecule has 4 aliphatic carbocycles. The predicted octanol–water partition coefficient (Wildman–Crippen LogP) is 4.59. The SMILES string of the molecule is O=C(CC12CC3CC(CC(C3)C1)C2)Nc1ccc(O)cc1Cl. The number of hydrogen-bond donors (Lipinski definition) is 2. The Bertz CT molecular complexity index is 578. The average Bonchev–Trinajstić information content (AvgIpc) is 2.39. The minimum Gasteiger partial charge on any atom is -0.508 e. The van der Waals surface area contributed by atoms with Gasteiger partial charge in [-0.05, 0) is 73.8 Å². The maximum atomic E-state index is 12.5. The Balaban J connectivity index is 1.46. The Morgan fingerprint density at radius 1 is 1.18 bits per heavy atom. The molecule has 2 N–H and O–H groups in total. The lowest BCUT2D eigenvalue weighted by atomic mass is 9.49. The van der Waals surface area contributed by atoms with Crippen molar-refractivity contribution in [3.8, 4) is 5.75 Å². The Morgan fingerprint density at radius 3 is 2.32 bits per heavy atom. The van der Waals surface area contributed by atoms with Crippen molar-refractivity contribution < 1.29 is 9.90 Å². The van der Waals surface area contributed by atoms with Crippen molar-refractivity contribution in [3.63, 3.8) is 0 Å². The first-order valence-electron chi connectivity index (χ1n) is 8.30. The lowest BCUT2D eigenvalue weighted by Gasteiger charge is -2.56. The van der Waals surface area contributed by atoms with Crippen LogP contribution in [-0.2, 0) is 4.79 Å². The number of phenolic OH excluding ortho intramolecular Hbond substituents is 1. The van der Waals surface area contributed by atoms with Gasteiger partial charge in [-0.2, -0.15) is 0 Å². The van der Waals surface area contributed by atoms with Crippen LogP contribution in [0.1, 0.15) is 44.9 Å². The number of amides is 1. The molecular weight excluding hydrogens is 298 g/mol. The maximum absolute atomic E-state index is 12.5. The number of carbonyl (C=O) groups excluding carboxylic acids is 1. The number of rotatable bonds is 3. The van der Waals surface area contributed by atoms with Crippen molar-refractivity contribution in [1.29, 1.82) is 0 Å². The van der Waals surface area contributed by atoms with E-state index in [2.05, 4.69) is 5.32 Å². The first-order valence-corrected chi connectivity index (χ1v) is 8.67. The van der Waals surface area contributed by atoms with Crippen molar-refractivity contribution in [3.05, 3.63) is 23.2 Å². The fraction of sp³-hybridized carbons (Fsp3) is 0.611. The average molecular weight is 320 g/mol. The van der Waals surface area contributed by atoms with Crippen LogP contribution in [0.4, 0.5) is 5.69 Å². The van der Waals surface area contributed by atoms with Crippen molar-refractivity contribution in [2.75, 3.05) is 5.32 Å². The molecule has 1 aromatic carbocycles. The van der Waals surface area contributed by atoms with E-state index >= 15 is 0 Å². The largest absolute Gasteiger partial charge is 0.508 e. The molecule has 118 valence electrons. The highest BCUT2D eigenvalue weighted by Crippen LogP contribution is 2.61. The summed E-state index contributed by atoms with van der Waals surface area (Å²) >= 11 is 6.07. The summed E-state index contributed by atoms with van der Waals surface area (Å²) in [4.78, 5) is 12.5. The van der Waals surface area contributed by atoms with Crippen LogP contribution in [0.25, 0.3) is 0 Å². The molecule has 4 saturated carbocycles. The van der Waals surface area contributed by atoms with Gasteiger partial charge in [0.15, 0.2) is 0 Å². The number of hydrogen-bond acceptors (Lipinski definition) is 2. The second-order valence-corrected chi connectivity index (χ2v) is 8.21. The standard InChI is InChI=1S/C18H22ClNO2/c19-15-6-14(21)1-2-16(15)20-17(22)10-18-7-11-3-12(8-18)5-13(4-11)9-18/h1-2,6,11-13,21H,3-5,7-10H2,(H,20,22). The van der Waals surface area contributed by atoms with Crippen LogP contribution in [0.5, 0.6) is 5.75 Å². The third-order valence-electron chi connectivity index (χ3n) is 5.93. The second kappa shape index (κ2) is 5.16. The van der Waals surface area contributed by atoms with Gasteiger partial charge >= 0.3 is 0 Å². The van der Waals surface area contributed by atoms with Gasteiger partial charge in [0, 0.05) is 12.5 Å². The molecule has 22 heavy (non-hydrogen) atoms. The summed E-state index contributed by atoms with van der Waals surface area (Å²) in [5, 5.41) is 12.7. The second-order valence-electron chi connectivity index (χ2n) is 7.81. The highest BCUT2D eigenvalue weighted by Gasteiger charge is 2.51. The highest BCUT2D eigenvalue weighted by atomic mass is 35.5. The number of aromatic hydroxyl groups is 1. The molecule has 0 aliphatic heterocycles. The molecule has 0 radical (unpaired) electrons. The van der Waals surface area contributed by atoms with Crippen LogP contribution in [0, 0.1) is 23.2 Å². The molecule has 4 bridgehead atoms. The van der Waals surface area contributed by atoms with Crippen LogP contribution in [0.15, 0.2) is 18.2 Å². The number of anilines is 1. The fourth-order valence-corrected chi connectivity index (χ4v) is 5.87. The third kappa shape index (κ3) is 2.60. The summed E-state index contributed by atoms with van der Waals surface area (Å²) in [6.45, 7) is 0. The first kappa shape index (κ1) is 14.4. The van der Waals surface area contributed by atoms with E-state index < -0.39 is 0 Å². The Kier molecular flexibility index (Phi) is 3.37.